The number of aryl methyl sites for hydroxylation is 1. The predicted octanol–water partition coefficient (Wildman–Crippen LogP) is 2.68. The summed E-state index contributed by atoms with van der Waals surface area (Å²) in [6.07, 6.45) is 5.07. The van der Waals surface area contributed by atoms with Crippen LogP contribution in [0, 0.1) is 6.92 Å². The summed E-state index contributed by atoms with van der Waals surface area (Å²) in [7, 11) is 0. The fourth-order valence-electron chi connectivity index (χ4n) is 1.59. The van der Waals surface area contributed by atoms with Crippen LogP contribution >= 0.6 is 0 Å². The second kappa shape index (κ2) is 5.00. The number of rotatable bonds is 3. The molecule has 5 nitrogen and oxygen atoms in total. The monoisotopic (exact) mass is 244 g/mol. The van der Waals surface area contributed by atoms with Crippen molar-refractivity contribution in [2.75, 3.05) is 5.73 Å². The lowest BCUT2D eigenvalue weighted by Crippen LogP contribution is -2.01. The van der Waals surface area contributed by atoms with Gasteiger partial charge in [-0.15, -0.1) is 0 Å². The third kappa shape index (κ3) is 2.56. The summed E-state index contributed by atoms with van der Waals surface area (Å²) in [4.78, 5) is 12.3. The molecule has 2 aromatic heterocycles. The van der Waals surface area contributed by atoms with Crippen molar-refractivity contribution in [3.8, 4) is 11.5 Å². The van der Waals surface area contributed by atoms with Crippen molar-refractivity contribution >= 4 is 5.82 Å². The van der Waals surface area contributed by atoms with Gasteiger partial charge in [0, 0.05) is 18.0 Å². The van der Waals surface area contributed by atoms with E-state index < -0.39 is 0 Å². The molecule has 2 N–H and O–H groups in total. The minimum atomic E-state index is 0.321. The maximum atomic E-state index is 5.80. The molecule has 0 unspecified atom stereocenters. The first kappa shape index (κ1) is 12.3. The minimum absolute atomic E-state index is 0.321. The van der Waals surface area contributed by atoms with Gasteiger partial charge in [0.2, 0.25) is 0 Å². The molecule has 94 valence electrons. The highest BCUT2D eigenvalue weighted by Gasteiger charge is 2.11. The number of aromatic nitrogens is 3. The van der Waals surface area contributed by atoms with Crippen LogP contribution < -0.4 is 10.5 Å². The Morgan fingerprint density at radius 3 is 2.67 bits per heavy atom. The fourth-order valence-corrected chi connectivity index (χ4v) is 1.59. The molecule has 0 aromatic carbocycles. The summed E-state index contributed by atoms with van der Waals surface area (Å²) in [6.45, 7) is 5.95. The zero-order valence-corrected chi connectivity index (χ0v) is 10.7. The molecular formula is C13H16N4O. The molecule has 0 aliphatic carbocycles. The maximum absolute atomic E-state index is 5.80. The third-order valence-electron chi connectivity index (χ3n) is 2.56. The van der Waals surface area contributed by atoms with Gasteiger partial charge < -0.3 is 10.5 Å². The number of pyridine rings is 1. The summed E-state index contributed by atoms with van der Waals surface area (Å²) >= 11 is 0. The van der Waals surface area contributed by atoms with Gasteiger partial charge in [0.15, 0.2) is 11.6 Å². The first-order valence-electron chi connectivity index (χ1n) is 5.79. The molecule has 0 saturated heterocycles. The van der Waals surface area contributed by atoms with Crippen LogP contribution in [0.2, 0.25) is 0 Å². The quantitative estimate of drug-likeness (QED) is 0.898. The van der Waals surface area contributed by atoms with Crippen molar-refractivity contribution in [2.45, 2.75) is 26.7 Å². The zero-order valence-electron chi connectivity index (χ0n) is 10.7. The van der Waals surface area contributed by atoms with E-state index in [0.29, 0.717) is 23.3 Å². The smallest absolute Gasteiger partial charge is 0.187 e. The van der Waals surface area contributed by atoms with E-state index in [0.717, 1.165) is 11.3 Å². The summed E-state index contributed by atoms with van der Waals surface area (Å²) in [5, 5.41) is 0. The van der Waals surface area contributed by atoms with Crippen LogP contribution in [0.15, 0.2) is 24.7 Å². The number of nitrogens with zero attached hydrogens (tertiary/aromatic N) is 3. The van der Waals surface area contributed by atoms with Gasteiger partial charge in [-0.05, 0) is 18.9 Å². The second-order valence-electron chi connectivity index (χ2n) is 4.34. The van der Waals surface area contributed by atoms with E-state index >= 15 is 0 Å². The van der Waals surface area contributed by atoms with Crippen molar-refractivity contribution in [1.29, 1.82) is 0 Å². The maximum Gasteiger partial charge on any atom is 0.187 e. The lowest BCUT2D eigenvalue weighted by atomic mass is 10.1. The number of nitrogen functional groups attached to an aromatic ring is 1. The fraction of sp³-hybridized carbons (Fsp3) is 0.308. The van der Waals surface area contributed by atoms with Crippen LogP contribution in [0.1, 0.15) is 31.2 Å². The van der Waals surface area contributed by atoms with E-state index in [1.165, 1.54) is 0 Å². The highest BCUT2D eigenvalue weighted by atomic mass is 16.5. The molecule has 2 aromatic rings. The van der Waals surface area contributed by atoms with E-state index in [1.807, 2.05) is 6.07 Å². The van der Waals surface area contributed by atoms with Crippen LogP contribution in [0.25, 0.3) is 0 Å². The predicted molar refractivity (Wildman–Crippen MR) is 69.6 cm³/mol. The molecule has 0 saturated carbocycles. The van der Waals surface area contributed by atoms with E-state index in [4.69, 9.17) is 10.5 Å². The lowest BCUT2D eigenvalue weighted by molar-refractivity contribution is 0.469. The average Bonchev–Trinajstić information content (AvgIpc) is 2.33. The van der Waals surface area contributed by atoms with E-state index in [1.54, 1.807) is 25.5 Å². The van der Waals surface area contributed by atoms with E-state index in [2.05, 4.69) is 28.8 Å². The van der Waals surface area contributed by atoms with Gasteiger partial charge in [-0.2, -0.15) is 0 Å². The molecule has 2 rings (SSSR count). The summed E-state index contributed by atoms with van der Waals surface area (Å²) in [6, 6.07) is 1.81. The van der Waals surface area contributed by atoms with Gasteiger partial charge in [-0.25, -0.2) is 9.97 Å². The normalized spacial score (nSPS) is 10.7. The van der Waals surface area contributed by atoms with Crippen LogP contribution in [-0.4, -0.2) is 15.0 Å². The number of hydrogen-bond donors (Lipinski definition) is 1. The van der Waals surface area contributed by atoms with Gasteiger partial charge in [0.05, 0.1) is 6.20 Å². The molecule has 0 amide bonds. The van der Waals surface area contributed by atoms with Crippen molar-refractivity contribution in [3.05, 3.63) is 36.0 Å². The van der Waals surface area contributed by atoms with Crippen LogP contribution in [0.5, 0.6) is 11.5 Å². The Hall–Kier alpha value is -2.17. The minimum Gasteiger partial charge on any atom is -0.451 e. The third-order valence-corrected chi connectivity index (χ3v) is 2.56. The number of hydrogen-bond acceptors (Lipinski definition) is 5. The van der Waals surface area contributed by atoms with Gasteiger partial charge in [0.25, 0.3) is 0 Å². The first-order chi connectivity index (χ1) is 8.58. The summed E-state index contributed by atoms with van der Waals surface area (Å²) in [5.74, 6) is 2.49. The van der Waals surface area contributed by atoms with Gasteiger partial charge in [-0.1, -0.05) is 13.8 Å². The molecule has 0 aliphatic rings. The van der Waals surface area contributed by atoms with Gasteiger partial charge in [0.1, 0.15) is 11.6 Å². The second-order valence-corrected chi connectivity index (χ2v) is 4.34. The van der Waals surface area contributed by atoms with Crippen molar-refractivity contribution < 1.29 is 4.74 Å². The average molecular weight is 244 g/mol. The zero-order chi connectivity index (χ0) is 13.1. The van der Waals surface area contributed by atoms with Gasteiger partial charge >= 0.3 is 0 Å². The van der Waals surface area contributed by atoms with E-state index in [9.17, 15) is 0 Å². The molecule has 0 radical (unpaired) electrons. The Kier molecular flexibility index (Phi) is 3.41. The molecule has 0 spiro atoms. The Labute approximate surface area is 106 Å². The van der Waals surface area contributed by atoms with Crippen LogP contribution in [0.4, 0.5) is 5.82 Å². The summed E-state index contributed by atoms with van der Waals surface area (Å²) < 4.78 is 5.77. The molecule has 18 heavy (non-hydrogen) atoms. The highest BCUT2D eigenvalue weighted by Crippen LogP contribution is 2.31. The highest BCUT2D eigenvalue weighted by molar-refractivity contribution is 5.47. The Bertz CT molecular complexity index is 554. The standard InChI is InChI=1S/C13H16N4O/c1-8(2)10-6-15-5-4-11(10)18-12-7-16-9(3)17-13(12)14/h4-8H,1-3H3,(H2,14,16,17). The molecule has 2 heterocycles. The van der Waals surface area contributed by atoms with Crippen LogP contribution in [-0.2, 0) is 0 Å². The van der Waals surface area contributed by atoms with Crippen molar-refractivity contribution in [3.63, 3.8) is 0 Å². The van der Waals surface area contributed by atoms with Crippen molar-refractivity contribution in [2.24, 2.45) is 0 Å². The Morgan fingerprint density at radius 1 is 1.22 bits per heavy atom. The van der Waals surface area contributed by atoms with Crippen molar-refractivity contribution in [1.82, 2.24) is 15.0 Å². The Morgan fingerprint density at radius 2 is 2.00 bits per heavy atom. The molecule has 0 fully saturated rings. The molecular weight excluding hydrogens is 228 g/mol. The molecule has 5 heteroatoms. The summed E-state index contributed by atoms with van der Waals surface area (Å²) in [5.41, 5.74) is 6.83. The first-order valence-corrected chi connectivity index (χ1v) is 5.79. The Balaban J connectivity index is 2.34. The topological polar surface area (TPSA) is 73.9 Å². The molecule has 0 bridgehead atoms. The van der Waals surface area contributed by atoms with E-state index in [-0.39, 0.29) is 0 Å². The van der Waals surface area contributed by atoms with Gasteiger partial charge in [-0.3, -0.25) is 4.98 Å². The SMILES string of the molecule is Cc1ncc(Oc2ccncc2C(C)C)c(N)n1. The van der Waals surface area contributed by atoms with Crippen LogP contribution in [0.3, 0.4) is 0 Å². The lowest BCUT2D eigenvalue weighted by Gasteiger charge is -2.13. The largest absolute Gasteiger partial charge is 0.451 e. The molecule has 0 aliphatic heterocycles. The number of anilines is 1. The number of ether oxygens (including phenoxy) is 1. The number of nitrogens with two attached hydrogens (primary N) is 1. The molecule has 0 atom stereocenters.